The molecular formula is C25H19Cl3N2O3S. The maximum Gasteiger partial charge on any atom is 0.243 e. The van der Waals surface area contributed by atoms with E-state index >= 15 is 0 Å². The Morgan fingerprint density at radius 2 is 1.47 bits per heavy atom. The van der Waals surface area contributed by atoms with Crippen LogP contribution in [0.4, 0.5) is 5.69 Å². The minimum atomic E-state index is -3.79. The van der Waals surface area contributed by atoms with Gasteiger partial charge >= 0.3 is 0 Å². The van der Waals surface area contributed by atoms with E-state index in [-0.39, 0.29) is 18.0 Å². The summed E-state index contributed by atoms with van der Waals surface area (Å²) in [4.78, 5) is 4.53. The predicted molar refractivity (Wildman–Crippen MR) is 137 cm³/mol. The molecule has 174 valence electrons. The van der Waals surface area contributed by atoms with E-state index in [1.54, 1.807) is 84.9 Å². The van der Waals surface area contributed by atoms with Crippen molar-refractivity contribution < 1.29 is 12.8 Å². The monoisotopic (exact) mass is 532 g/mol. The van der Waals surface area contributed by atoms with Gasteiger partial charge in [-0.3, -0.25) is 4.99 Å². The first-order valence-electron chi connectivity index (χ1n) is 10.2. The molecule has 0 N–H and O–H groups in total. The van der Waals surface area contributed by atoms with Crippen LogP contribution < -0.4 is 0 Å². The third-order valence-corrected chi connectivity index (χ3v) is 7.35. The van der Waals surface area contributed by atoms with Crippen LogP contribution in [0.25, 0.3) is 0 Å². The second kappa shape index (κ2) is 10.8. The Bertz CT molecular complexity index is 1380. The Morgan fingerprint density at radius 1 is 0.794 bits per heavy atom. The SMILES string of the molecule is O=S(=O)(c1ccccc1)N(Cc1ccc(Cl)cc1)Cc1ccc(C=Nc2cc(Cl)cc(Cl)c2)o1. The smallest absolute Gasteiger partial charge is 0.243 e. The van der Waals surface area contributed by atoms with Crippen LogP contribution in [-0.4, -0.2) is 18.9 Å². The number of furan rings is 1. The van der Waals surface area contributed by atoms with E-state index in [1.807, 2.05) is 0 Å². The van der Waals surface area contributed by atoms with Crippen molar-refractivity contribution in [3.63, 3.8) is 0 Å². The molecule has 0 atom stereocenters. The van der Waals surface area contributed by atoms with Crippen LogP contribution >= 0.6 is 34.8 Å². The molecule has 34 heavy (non-hydrogen) atoms. The standard InChI is InChI=1S/C25H19Cl3N2O3S/c26-19-8-6-18(7-9-19)16-30(34(31,32)25-4-2-1-3-5-25)17-24-11-10-23(33-24)15-29-22-13-20(27)12-21(28)14-22/h1-15H,16-17H2. The second-order valence-electron chi connectivity index (χ2n) is 7.40. The molecule has 1 aromatic heterocycles. The summed E-state index contributed by atoms with van der Waals surface area (Å²) in [6.07, 6.45) is 1.53. The molecule has 0 saturated carbocycles. The van der Waals surface area contributed by atoms with Crippen molar-refractivity contribution in [2.24, 2.45) is 4.99 Å². The molecule has 9 heteroatoms. The Morgan fingerprint density at radius 3 is 2.15 bits per heavy atom. The number of rotatable bonds is 8. The minimum absolute atomic E-state index is 0.0384. The summed E-state index contributed by atoms with van der Waals surface area (Å²) < 4.78 is 34.0. The number of benzene rings is 3. The maximum absolute atomic E-state index is 13.4. The van der Waals surface area contributed by atoms with Gasteiger partial charge in [0, 0.05) is 21.6 Å². The molecule has 0 fully saturated rings. The molecule has 0 spiro atoms. The predicted octanol–water partition coefficient (Wildman–Crippen LogP) is 7.38. The van der Waals surface area contributed by atoms with Gasteiger partial charge in [-0.2, -0.15) is 4.31 Å². The highest BCUT2D eigenvalue weighted by atomic mass is 35.5. The minimum Gasteiger partial charge on any atom is -0.459 e. The highest BCUT2D eigenvalue weighted by molar-refractivity contribution is 7.89. The molecule has 0 saturated heterocycles. The van der Waals surface area contributed by atoms with Gasteiger partial charge in [0.25, 0.3) is 0 Å². The lowest BCUT2D eigenvalue weighted by Gasteiger charge is -2.21. The van der Waals surface area contributed by atoms with Crippen LogP contribution in [0.15, 0.2) is 99.2 Å². The molecule has 0 aliphatic heterocycles. The number of nitrogens with zero attached hydrogens (tertiary/aromatic N) is 2. The molecule has 0 bridgehead atoms. The van der Waals surface area contributed by atoms with Crippen molar-refractivity contribution in [2.75, 3.05) is 0 Å². The van der Waals surface area contributed by atoms with Crippen molar-refractivity contribution >= 4 is 56.7 Å². The Kier molecular flexibility index (Phi) is 7.76. The van der Waals surface area contributed by atoms with Crippen LogP contribution in [0.3, 0.4) is 0 Å². The van der Waals surface area contributed by atoms with Crippen molar-refractivity contribution in [3.8, 4) is 0 Å². The second-order valence-corrected chi connectivity index (χ2v) is 10.6. The molecule has 0 aliphatic carbocycles. The molecule has 1 heterocycles. The molecule has 0 amide bonds. The van der Waals surface area contributed by atoms with Crippen molar-refractivity contribution in [2.45, 2.75) is 18.0 Å². The molecule has 4 rings (SSSR count). The average Bonchev–Trinajstić information content (AvgIpc) is 3.26. The van der Waals surface area contributed by atoms with Gasteiger partial charge in [0.2, 0.25) is 10.0 Å². The first-order chi connectivity index (χ1) is 16.3. The quantitative estimate of drug-likeness (QED) is 0.222. The molecular weight excluding hydrogens is 515 g/mol. The van der Waals surface area contributed by atoms with Crippen LogP contribution in [-0.2, 0) is 23.1 Å². The average molecular weight is 534 g/mol. The van der Waals surface area contributed by atoms with Crippen LogP contribution in [0.5, 0.6) is 0 Å². The summed E-state index contributed by atoms with van der Waals surface area (Å²) in [6, 6.07) is 23.8. The van der Waals surface area contributed by atoms with Gasteiger partial charge in [-0.25, -0.2) is 8.42 Å². The number of hydrogen-bond donors (Lipinski definition) is 0. The Balaban J connectivity index is 1.58. The zero-order valence-electron chi connectivity index (χ0n) is 17.7. The van der Waals surface area contributed by atoms with Gasteiger partial charge in [-0.1, -0.05) is 65.1 Å². The van der Waals surface area contributed by atoms with E-state index in [0.29, 0.717) is 32.3 Å². The molecule has 3 aromatic carbocycles. The van der Waals surface area contributed by atoms with Crippen molar-refractivity contribution in [1.29, 1.82) is 0 Å². The van der Waals surface area contributed by atoms with Crippen molar-refractivity contribution in [3.05, 3.63) is 117 Å². The fourth-order valence-electron chi connectivity index (χ4n) is 3.24. The van der Waals surface area contributed by atoms with Gasteiger partial charge < -0.3 is 4.42 Å². The van der Waals surface area contributed by atoms with E-state index in [9.17, 15) is 8.42 Å². The summed E-state index contributed by atoms with van der Waals surface area (Å²) >= 11 is 18.0. The Hall–Kier alpha value is -2.61. The Labute approximate surface area is 213 Å². The maximum atomic E-state index is 13.4. The molecule has 4 aromatic rings. The number of aliphatic imine (C=N–C) groups is 1. The van der Waals surface area contributed by atoms with E-state index in [0.717, 1.165) is 5.56 Å². The van der Waals surface area contributed by atoms with Gasteiger partial charge in [-0.15, -0.1) is 0 Å². The normalized spacial score (nSPS) is 12.0. The number of hydrogen-bond acceptors (Lipinski definition) is 4. The largest absolute Gasteiger partial charge is 0.459 e. The van der Waals surface area contributed by atoms with Gasteiger partial charge in [-0.05, 0) is 60.2 Å². The van der Waals surface area contributed by atoms with E-state index < -0.39 is 10.0 Å². The van der Waals surface area contributed by atoms with Crippen molar-refractivity contribution in [1.82, 2.24) is 4.31 Å². The van der Waals surface area contributed by atoms with E-state index in [4.69, 9.17) is 39.2 Å². The summed E-state index contributed by atoms with van der Waals surface area (Å²) in [7, 11) is -3.79. The van der Waals surface area contributed by atoms with Gasteiger partial charge in [0.15, 0.2) is 0 Å². The zero-order valence-corrected chi connectivity index (χ0v) is 20.8. The van der Waals surface area contributed by atoms with Crippen LogP contribution in [0.2, 0.25) is 15.1 Å². The summed E-state index contributed by atoms with van der Waals surface area (Å²) in [5, 5.41) is 1.53. The number of sulfonamides is 1. The lowest BCUT2D eigenvalue weighted by Crippen LogP contribution is -2.30. The highest BCUT2D eigenvalue weighted by Gasteiger charge is 2.26. The first kappa shape index (κ1) is 24.5. The fraction of sp³-hybridized carbons (Fsp3) is 0.0800. The topological polar surface area (TPSA) is 62.9 Å². The highest BCUT2D eigenvalue weighted by Crippen LogP contribution is 2.25. The third-order valence-electron chi connectivity index (χ3n) is 4.86. The molecule has 0 aliphatic rings. The van der Waals surface area contributed by atoms with Crippen LogP contribution in [0, 0.1) is 0 Å². The van der Waals surface area contributed by atoms with Gasteiger partial charge in [0.05, 0.1) is 23.3 Å². The third kappa shape index (κ3) is 6.29. The lowest BCUT2D eigenvalue weighted by atomic mass is 10.2. The molecule has 5 nitrogen and oxygen atoms in total. The summed E-state index contributed by atoms with van der Waals surface area (Å²) in [5.74, 6) is 0.939. The lowest BCUT2D eigenvalue weighted by molar-refractivity contribution is 0.357. The van der Waals surface area contributed by atoms with Gasteiger partial charge in [0.1, 0.15) is 11.5 Å². The first-order valence-corrected chi connectivity index (χ1v) is 12.8. The zero-order chi connectivity index (χ0) is 24.1. The summed E-state index contributed by atoms with van der Waals surface area (Å²) in [6.45, 7) is 0.191. The van der Waals surface area contributed by atoms with E-state index in [1.165, 1.54) is 10.5 Å². The molecule has 0 radical (unpaired) electrons. The number of halogens is 3. The van der Waals surface area contributed by atoms with E-state index in [2.05, 4.69) is 4.99 Å². The fourth-order valence-corrected chi connectivity index (χ4v) is 5.29. The van der Waals surface area contributed by atoms with Crippen LogP contribution in [0.1, 0.15) is 17.1 Å². The summed E-state index contributed by atoms with van der Waals surface area (Å²) in [5.41, 5.74) is 1.38. The molecule has 0 unspecified atom stereocenters.